The number of carbonyl (C=O) groups is 2. The molecule has 2 heterocycles. The monoisotopic (exact) mass is 318 g/mol. The Morgan fingerprint density at radius 2 is 1.78 bits per heavy atom. The van der Waals surface area contributed by atoms with Gasteiger partial charge in [-0.15, -0.1) is 0 Å². The van der Waals surface area contributed by atoms with Gasteiger partial charge in [0.05, 0.1) is 19.3 Å². The first-order chi connectivity index (χ1) is 11.2. The van der Waals surface area contributed by atoms with Crippen molar-refractivity contribution >= 4 is 11.8 Å². The second kappa shape index (κ2) is 7.57. The van der Waals surface area contributed by atoms with Crippen molar-refractivity contribution in [3.63, 3.8) is 0 Å². The molecule has 1 aromatic carbocycles. The number of amides is 2. The standard InChI is InChI=1S/C17H22N2O4/c20-16(18-12-15-2-1-9-23-15)13-3-5-14(6-4-13)17(21)19-7-10-22-11-8-19/h3-6,15H,1-2,7-12H2,(H,18,20). The summed E-state index contributed by atoms with van der Waals surface area (Å²) in [4.78, 5) is 26.2. The number of benzene rings is 1. The molecule has 1 atom stereocenters. The third-order valence-electron chi connectivity index (χ3n) is 4.21. The molecule has 2 aliphatic rings. The van der Waals surface area contributed by atoms with Crippen molar-refractivity contribution in [3.8, 4) is 0 Å². The minimum absolute atomic E-state index is 0.0142. The van der Waals surface area contributed by atoms with Crippen LogP contribution in [0.5, 0.6) is 0 Å². The first-order valence-corrected chi connectivity index (χ1v) is 8.11. The molecule has 0 bridgehead atoms. The largest absolute Gasteiger partial charge is 0.378 e. The van der Waals surface area contributed by atoms with E-state index in [0.717, 1.165) is 19.4 Å². The molecular weight excluding hydrogens is 296 g/mol. The van der Waals surface area contributed by atoms with Crippen LogP contribution in [-0.2, 0) is 9.47 Å². The van der Waals surface area contributed by atoms with Crippen LogP contribution in [0.25, 0.3) is 0 Å². The summed E-state index contributed by atoms with van der Waals surface area (Å²) in [5, 5.41) is 2.88. The summed E-state index contributed by atoms with van der Waals surface area (Å²) in [6.07, 6.45) is 2.17. The predicted octanol–water partition coefficient (Wildman–Crippen LogP) is 1.07. The van der Waals surface area contributed by atoms with E-state index in [1.807, 2.05) is 0 Å². The van der Waals surface area contributed by atoms with Gasteiger partial charge in [0, 0.05) is 37.4 Å². The fourth-order valence-electron chi connectivity index (χ4n) is 2.83. The Labute approximate surface area is 135 Å². The quantitative estimate of drug-likeness (QED) is 0.902. The molecule has 23 heavy (non-hydrogen) atoms. The molecule has 6 heteroatoms. The molecule has 2 aliphatic heterocycles. The third kappa shape index (κ3) is 4.09. The molecule has 0 aromatic heterocycles. The summed E-state index contributed by atoms with van der Waals surface area (Å²) >= 11 is 0. The highest BCUT2D eigenvalue weighted by Gasteiger charge is 2.19. The molecule has 0 aliphatic carbocycles. The van der Waals surface area contributed by atoms with Gasteiger partial charge in [0.2, 0.25) is 0 Å². The van der Waals surface area contributed by atoms with E-state index in [2.05, 4.69) is 5.32 Å². The third-order valence-corrected chi connectivity index (χ3v) is 4.21. The van der Waals surface area contributed by atoms with E-state index in [4.69, 9.17) is 9.47 Å². The molecule has 0 saturated carbocycles. The van der Waals surface area contributed by atoms with E-state index in [1.54, 1.807) is 29.2 Å². The molecule has 2 amide bonds. The van der Waals surface area contributed by atoms with Crippen LogP contribution in [0.15, 0.2) is 24.3 Å². The Balaban J connectivity index is 1.55. The predicted molar refractivity (Wildman–Crippen MR) is 84.5 cm³/mol. The van der Waals surface area contributed by atoms with Crippen molar-refractivity contribution in [1.82, 2.24) is 10.2 Å². The number of carbonyl (C=O) groups excluding carboxylic acids is 2. The summed E-state index contributed by atoms with van der Waals surface area (Å²) < 4.78 is 10.7. The molecule has 1 unspecified atom stereocenters. The van der Waals surface area contributed by atoms with E-state index in [1.165, 1.54) is 0 Å². The Kier molecular flexibility index (Phi) is 5.25. The highest BCUT2D eigenvalue weighted by molar-refractivity contribution is 5.97. The second-order valence-corrected chi connectivity index (χ2v) is 5.83. The van der Waals surface area contributed by atoms with Crippen molar-refractivity contribution in [1.29, 1.82) is 0 Å². The van der Waals surface area contributed by atoms with E-state index in [-0.39, 0.29) is 17.9 Å². The minimum Gasteiger partial charge on any atom is -0.378 e. The van der Waals surface area contributed by atoms with Gasteiger partial charge in [-0.3, -0.25) is 9.59 Å². The molecule has 0 spiro atoms. The molecule has 2 fully saturated rings. The lowest BCUT2D eigenvalue weighted by atomic mass is 10.1. The Bertz CT molecular complexity index is 546. The molecule has 124 valence electrons. The molecule has 2 saturated heterocycles. The zero-order valence-electron chi connectivity index (χ0n) is 13.1. The summed E-state index contributed by atoms with van der Waals surface area (Å²) in [5.41, 5.74) is 1.16. The average molecular weight is 318 g/mol. The van der Waals surface area contributed by atoms with Gasteiger partial charge >= 0.3 is 0 Å². The zero-order valence-corrected chi connectivity index (χ0v) is 13.1. The number of nitrogens with zero attached hydrogens (tertiary/aromatic N) is 1. The lowest BCUT2D eigenvalue weighted by molar-refractivity contribution is 0.0303. The van der Waals surface area contributed by atoms with Crippen LogP contribution in [0.4, 0.5) is 0 Å². The van der Waals surface area contributed by atoms with Crippen molar-refractivity contribution in [2.75, 3.05) is 39.5 Å². The van der Waals surface area contributed by atoms with Crippen molar-refractivity contribution < 1.29 is 19.1 Å². The first kappa shape index (κ1) is 16.0. The zero-order chi connectivity index (χ0) is 16.1. The van der Waals surface area contributed by atoms with E-state index in [9.17, 15) is 9.59 Å². The summed E-state index contributed by atoms with van der Waals surface area (Å²) in [7, 11) is 0. The van der Waals surface area contributed by atoms with E-state index in [0.29, 0.717) is 44.0 Å². The maximum atomic E-state index is 12.3. The number of nitrogens with one attached hydrogen (secondary N) is 1. The minimum atomic E-state index is -0.133. The van der Waals surface area contributed by atoms with Gasteiger partial charge in [-0.2, -0.15) is 0 Å². The van der Waals surface area contributed by atoms with Crippen molar-refractivity contribution in [2.24, 2.45) is 0 Å². The number of morpholine rings is 1. The molecule has 1 N–H and O–H groups in total. The molecule has 3 rings (SSSR count). The normalized spacial score (nSPS) is 21.2. The maximum absolute atomic E-state index is 12.3. The fraction of sp³-hybridized carbons (Fsp3) is 0.529. The lowest BCUT2D eigenvalue weighted by Gasteiger charge is -2.26. The highest BCUT2D eigenvalue weighted by atomic mass is 16.5. The summed E-state index contributed by atoms with van der Waals surface area (Å²) in [5.74, 6) is -0.148. The maximum Gasteiger partial charge on any atom is 0.254 e. The van der Waals surface area contributed by atoms with Crippen LogP contribution in [0.3, 0.4) is 0 Å². The number of rotatable bonds is 4. The Morgan fingerprint density at radius 1 is 1.09 bits per heavy atom. The van der Waals surface area contributed by atoms with Gasteiger partial charge in [0.25, 0.3) is 11.8 Å². The van der Waals surface area contributed by atoms with E-state index >= 15 is 0 Å². The van der Waals surface area contributed by atoms with Crippen LogP contribution < -0.4 is 5.32 Å². The van der Waals surface area contributed by atoms with E-state index < -0.39 is 0 Å². The van der Waals surface area contributed by atoms with Crippen LogP contribution in [-0.4, -0.2) is 62.3 Å². The lowest BCUT2D eigenvalue weighted by Crippen LogP contribution is -2.40. The summed E-state index contributed by atoms with van der Waals surface area (Å²) in [6, 6.07) is 6.80. The van der Waals surface area contributed by atoms with Crippen molar-refractivity contribution in [2.45, 2.75) is 18.9 Å². The Hall–Kier alpha value is -1.92. The number of hydrogen-bond acceptors (Lipinski definition) is 4. The average Bonchev–Trinajstić information content (AvgIpc) is 3.13. The second-order valence-electron chi connectivity index (χ2n) is 5.83. The van der Waals surface area contributed by atoms with Gasteiger partial charge in [0.15, 0.2) is 0 Å². The Morgan fingerprint density at radius 3 is 2.43 bits per heavy atom. The highest BCUT2D eigenvalue weighted by Crippen LogP contribution is 2.12. The van der Waals surface area contributed by atoms with Gasteiger partial charge in [-0.05, 0) is 37.1 Å². The molecule has 6 nitrogen and oxygen atoms in total. The summed E-state index contributed by atoms with van der Waals surface area (Å²) in [6.45, 7) is 3.70. The van der Waals surface area contributed by atoms with Gasteiger partial charge < -0.3 is 19.7 Å². The van der Waals surface area contributed by atoms with Crippen LogP contribution in [0, 0.1) is 0 Å². The van der Waals surface area contributed by atoms with Crippen molar-refractivity contribution in [3.05, 3.63) is 35.4 Å². The van der Waals surface area contributed by atoms with Crippen LogP contribution in [0.2, 0.25) is 0 Å². The topological polar surface area (TPSA) is 67.9 Å². The molecule has 0 radical (unpaired) electrons. The SMILES string of the molecule is O=C(NCC1CCCO1)c1ccc(C(=O)N2CCOCC2)cc1. The van der Waals surface area contributed by atoms with Crippen LogP contribution >= 0.6 is 0 Å². The van der Waals surface area contributed by atoms with Crippen LogP contribution in [0.1, 0.15) is 33.6 Å². The first-order valence-electron chi connectivity index (χ1n) is 8.11. The number of hydrogen-bond donors (Lipinski definition) is 1. The molecular formula is C17H22N2O4. The number of ether oxygens (including phenoxy) is 2. The fourth-order valence-corrected chi connectivity index (χ4v) is 2.83. The van der Waals surface area contributed by atoms with Gasteiger partial charge in [-0.1, -0.05) is 0 Å². The van der Waals surface area contributed by atoms with Gasteiger partial charge in [0.1, 0.15) is 0 Å². The molecule has 1 aromatic rings. The smallest absolute Gasteiger partial charge is 0.254 e. The van der Waals surface area contributed by atoms with Gasteiger partial charge in [-0.25, -0.2) is 0 Å².